The minimum Gasteiger partial charge on any atom is -0.476 e. The molecule has 8 heteroatoms. The van der Waals surface area contributed by atoms with Gasteiger partial charge in [0.05, 0.1) is 13.2 Å². The second-order valence-electron chi connectivity index (χ2n) is 4.01. The quantitative estimate of drug-likeness (QED) is 0.599. The molecular formula is C12H19N3O4S. The van der Waals surface area contributed by atoms with Crippen molar-refractivity contribution in [1.82, 2.24) is 15.6 Å². The van der Waals surface area contributed by atoms with Gasteiger partial charge in [0.25, 0.3) is 0 Å². The molecule has 0 saturated heterocycles. The van der Waals surface area contributed by atoms with Crippen molar-refractivity contribution in [2.75, 3.05) is 19.8 Å². The molecule has 112 valence electrons. The first kappa shape index (κ1) is 16.4. The molecule has 0 aliphatic rings. The average Bonchev–Trinajstić information content (AvgIpc) is 2.89. The minimum absolute atomic E-state index is 0.00321. The number of hydrogen-bond donors (Lipinski definition) is 3. The van der Waals surface area contributed by atoms with Crippen LogP contribution in [0.4, 0.5) is 4.79 Å². The topological polar surface area (TPSA) is 101 Å². The van der Waals surface area contributed by atoms with Crippen LogP contribution in [0.5, 0.6) is 0 Å². The van der Waals surface area contributed by atoms with Crippen LogP contribution in [-0.2, 0) is 11.3 Å². The van der Waals surface area contributed by atoms with E-state index in [2.05, 4.69) is 22.5 Å². The van der Waals surface area contributed by atoms with Crippen LogP contribution in [0, 0.1) is 0 Å². The Hall–Kier alpha value is -1.67. The number of unbranched alkanes of at least 4 members (excludes halogenated alkanes) is 1. The zero-order chi connectivity index (χ0) is 14.8. The minimum atomic E-state index is -1.07. The number of carbonyl (C=O) groups excluding carboxylic acids is 1. The average molecular weight is 301 g/mol. The predicted octanol–water partition coefficient (Wildman–Crippen LogP) is 1.46. The number of thiazole rings is 1. The summed E-state index contributed by atoms with van der Waals surface area (Å²) in [6.45, 7) is 3.92. The fourth-order valence-electron chi connectivity index (χ4n) is 1.29. The molecule has 0 aliphatic heterocycles. The molecule has 1 aromatic rings. The summed E-state index contributed by atoms with van der Waals surface area (Å²) in [7, 11) is 0. The maximum atomic E-state index is 11.4. The number of urea groups is 1. The maximum absolute atomic E-state index is 11.4. The van der Waals surface area contributed by atoms with Gasteiger partial charge in [0.15, 0.2) is 5.69 Å². The highest BCUT2D eigenvalue weighted by Gasteiger charge is 2.09. The monoisotopic (exact) mass is 301 g/mol. The molecule has 0 atom stereocenters. The zero-order valence-electron chi connectivity index (χ0n) is 11.3. The van der Waals surface area contributed by atoms with Gasteiger partial charge in [0.1, 0.15) is 5.01 Å². The van der Waals surface area contributed by atoms with Crippen LogP contribution in [0.25, 0.3) is 0 Å². The molecule has 0 saturated carbocycles. The van der Waals surface area contributed by atoms with Gasteiger partial charge in [0.2, 0.25) is 0 Å². The first-order valence-electron chi connectivity index (χ1n) is 6.40. The van der Waals surface area contributed by atoms with Gasteiger partial charge in [0, 0.05) is 18.5 Å². The van der Waals surface area contributed by atoms with Gasteiger partial charge in [-0.3, -0.25) is 0 Å². The van der Waals surface area contributed by atoms with E-state index in [4.69, 9.17) is 9.84 Å². The standard InChI is InChI=1S/C12H19N3O4S/c1-2-3-5-19-6-4-13-12(18)14-7-10-15-9(8-20-10)11(16)17/h8H,2-7H2,1H3,(H,16,17)(H2,13,14,18). The Kier molecular flexibility index (Phi) is 7.59. The third-order valence-electron chi connectivity index (χ3n) is 2.35. The van der Waals surface area contributed by atoms with Crippen LogP contribution in [0.2, 0.25) is 0 Å². The zero-order valence-corrected chi connectivity index (χ0v) is 12.2. The molecule has 0 spiro atoms. The molecule has 1 heterocycles. The van der Waals surface area contributed by atoms with Crippen molar-refractivity contribution in [3.63, 3.8) is 0 Å². The van der Waals surface area contributed by atoms with Crippen molar-refractivity contribution in [2.24, 2.45) is 0 Å². The van der Waals surface area contributed by atoms with Gasteiger partial charge in [-0.1, -0.05) is 13.3 Å². The first-order valence-corrected chi connectivity index (χ1v) is 7.28. The lowest BCUT2D eigenvalue weighted by molar-refractivity contribution is 0.0691. The van der Waals surface area contributed by atoms with Crippen molar-refractivity contribution < 1.29 is 19.4 Å². The highest BCUT2D eigenvalue weighted by atomic mass is 32.1. The van der Waals surface area contributed by atoms with E-state index in [1.807, 2.05) is 0 Å². The first-order chi connectivity index (χ1) is 9.63. The normalized spacial score (nSPS) is 10.2. The van der Waals surface area contributed by atoms with Gasteiger partial charge in [-0.25, -0.2) is 14.6 Å². The number of rotatable bonds is 9. The van der Waals surface area contributed by atoms with E-state index in [1.165, 1.54) is 16.7 Å². The fourth-order valence-corrected chi connectivity index (χ4v) is 2.00. The molecule has 3 N–H and O–H groups in total. The molecule has 0 radical (unpaired) electrons. The number of ether oxygens (including phenoxy) is 1. The Morgan fingerprint density at radius 2 is 2.20 bits per heavy atom. The second-order valence-corrected chi connectivity index (χ2v) is 4.95. The molecule has 1 aromatic heterocycles. The fraction of sp³-hybridized carbons (Fsp3) is 0.583. The molecule has 0 unspecified atom stereocenters. The van der Waals surface area contributed by atoms with Crippen molar-refractivity contribution in [3.05, 3.63) is 16.1 Å². The summed E-state index contributed by atoms with van der Waals surface area (Å²) in [6.07, 6.45) is 2.10. The van der Waals surface area contributed by atoms with Crippen molar-refractivity contribution in [3.8, 4) is 0 Å². The summed E-state index contributed by atoms with van der Waals surface area (Å²) >= 11 is 1.20. The Bertz CT molecular complexity index is 436. The highest BCUT2D eigenvalue weighted by Crippen LogP contribution is 2.08. The van der Waals surface area contributed by atoms with E-state index in [9.17, 15) is 9.59 Å². The number of hydrogen-bond acceptors (Lipinski definition) is 5. The van der Waals surface area contributed by atoms with Gasteiger partial charge in [-0.05, 0) is 6.42 Å². The Morgan fingerprint density at radius 1 is 1.40 bits per heavy atom. The van der Waals surface area contributed by atoms with Crippen LogP contribution >= 0.6 is 11.3 Å². The lowest BCUT2D eigenvalue weighted by atomic mass is 10.4. The van der Waals surface area contributed by atoms with Crippen molar-refractivity contribution in [1.29, 1.82) is 0 Å². The number of amides is 2. The van der Waals surface area contributed by atoms with E-state index in [-0.39, 0.29) is 18.3 Å². The highest BCUT2D eigenvalue weighted by molar-refractivity contribution is 7.09. The van der Waals surface area contributed by atoms with E-state index in [0.29, 0.717) is 24.8 Å². The summed E-state index contributed by atoms with van der Waals surface area (Å²) in [5.74, 6) is -1.07. The lowest BCUT2D eigenvalue weighted by Crippen LogP contribution is -2.36. The Labute approximate surface area is 121 Å². The maximum Gasteiger partial charge on any atom is 0.355 e. The van der Waals surface area contributed by atoms with Crippen LogP contribution in [0.15, 0.2) is 5.38 Å². The smallest absolute Gasteiger partial charge is 0.355 e. The molecule has 2 amide bonds. The van der Waals surface area contributed by atoms with E-state index < -0.39 is 5.97 Å². The Morgan fingerprint density at radius 3 is 2.85 bits per heavy atom. The number of carboxylic acid groups (broad SMARTS) is 1. The van der Waals surface area contributed by atoms with Crippen LogP contribution < -0.4 is 10.6 Å². The number of aromatic nitrogens is 1. The Balaban J connectivity index is 2.11. The number of aromatic carboxylic acids is 1. The van der Waals surface area contributed by atoms with E-state index in [0.717, 1.165) is 12.8 Å². The van der Waals surface area contributed by atoms with Gasteiger partial charge in [-0.15, -0.1) is 11.3 Å². The molecule has 0 bridgehead atoms. The van der Waals surface area contributed by atoms with Gasteiger partial charge in [-0.2, -0.15) is 0 Å². The third kappa shape index (κ3) is 6.48. The summed E-state index contributed by atoms with van der Waals surface area (Å²) in [5.41, 5.74) is -0.00321. The summed E-state index contributed by atoms with van der Waals surface area (Å²) in [4.78, 5) is 25.9. The van der Waals surface area contributed by atoms with E-state index in [1.54, 1.807) is 0 Å². The molecule has 20 heavy (non-hydrogen) atoms. The number of nitrogens with one attached hydrogen (secondary N) is 2. The molecular weight excluding hydrogens is 282 g/mol. The molecule has 0 aliphatic carbocycles. The van der Waals surface area contributed by atoms with Crippen molar-refractivity contribution in [2.45, 2.75) is 26.3 Å². The number of carbonyl (C=O) groups is 2. The van der Waals surface area contributed by atoms with Crippen LogP contribution in [0.3, 0.4) is 0 Å². The third-order valence-corrected chi connectivity index (χ3v) is 3.19. The predicted molar refractivity (Wildman–Crippen MR) is 75.0 cm³/mol. The summed E-state index contributed by atoms with van der Waals surface area (Å²) < 4.78 is 5.30. The molecule has 7 nitrogen and oxygen atoms in total. The lowest BCUT2D eigenvalue weighted by Gasteiger charge is -2.06. The SMILES string of the molecule is CCCCOCCNC(=O)NCc1nc(C(=O)O)cs1. The molecule has 1 rings (SSSR count). The molecule has 0 fully saturated rings. The summed E-state index contributed by atoms with van der Waals surface area (Å²) in [6, 6.07) is -0.323. The van der Waals surface area contributed by atoms with Crippen LogP contribution in [0.1, 0.15) is 35.3 Å². The van der Waals surface area contributed by atoms with Crippen LogP contribution in [-0.4, -0.2) is 41.8 Å². The summed E-state index contributed by atoms with van der Waals surface area (Å²) in [5, 5.41) is 16.0. The second kappa shape index (κ2) is 9.27. The van der Waals surface area contributed by atoms with Gasteiger partial charge >= 0.3 is 12.0 Å². The number of carboxylic acids is 1. The van der Waals surface area contributed by atoms with E-state index >= 15 is 0 Å². The molecule has 0 aromatic carbocycles. The van der Waals surface area contributed by atoms with Gasteiger partial charge < -0.3 is 20.5 Å². The number of nitrogens with zero attached hydrogens (tertiary/aromatic N) is 1. The van der Waals surface area contributed by atoms with Crippen molar-refractivity contribution >= 4 is 23.3 Å². The largest absolute Gasteiger partial charge is 0.476 e.